The van der Waals surface area contributed by atoms with E-state index >= 15 is 0 Å². The molecule has 2 N–H and O–H groups in total. The molecule has 1 atom stereocenters. The van der Waals surface area contributed by atoms with Crippen molar-refractivity contribution in [2.75, 3.05) is 20.3 Å². The molecule has 0 aliphatic rings. The van der Waals surface area contributed by atoms with Crippen LogP contribution in [0.25, 0.3) is 0 Å². The molecule has 0 aliphatic heterocycles. The SMILES string of the molecule is CCCOc1cccc(C(=O)NC(C)(COC)C(=O)O)c1. The van der Waals surface area contributed by atoms with Crippen LogP contribution in [0.1, 0.15) is 30.6 Å². The summed E-state index contributed by atoms with van der Waals surface area (Å²) in [6.45, 7) is 3.81. The maximum atomic E-state index is 12.2. The monoisotopic (exact) mass is 295 g/mol. The Kier molecular flexibility index (Phi) is 6.17. The Balaban J connectivity index is 2.85. The summed E-state index contributed by atoms with van der Waals surface area (Å²) in [5, 5.41) is 11.7. The average molecular weight is 295 g/mol. The van der Waals surface area contributed by atoms with Gasteiger partial charge in [0.25, 0.3) is 5.91 Å². The molecule has 1 aromatic rings. The molecular weight excluding hydrogens is 274 g/mol. The maximum absolute atomic E-state index is 12.2. The number of nitrogens with one attached hydrogen (secondary N) is 1. The number of aliphatic carboxylic acids is 1. The van der Waals surface area contributed by atoms with Gasteiger partial charge in [-0.25, -0.2) is 4.79 Å². The standard InChI is InChI=1S/C15H21NO5/c1-4-8-21-12-7-5-6-11(9-12)13(17)16-15(2,10-20-3)14(18)19/h5-7,9H,4,8,10H2,1-3H3,(H,16,17)(H,18,19). The van der Waals surface area contributed by atoms with E-state index in [-0.39, 0.29) is 6.61 Å². The number of carboxylic acids is 1. The molecule has 0 heterocycles. The normalized spacial score (nSPS) is 13.3. The summed E-state index contributed by atoms with van der Waals surface area (Å²) < 4.78 is 10.3. The minimum Gasteiger partial charge on any atom is -0.494 e. The summed E-state index contributed by atoms with van der Waals surface area (Å²) in [4.78, 5) is 23.4. The van der Waals surface area contributed by atoms with Crippen LogP contribution < -0.4 is 10.1 Å². The van der Waals surface area contributed by atoms with Gasteiger partial charge in [0, 0.05) is 12.7 Å². The lowest BCUT2D eigenvalue weighted by molar-refractivity contribution is -0.145. The predicted molar refractivity (Wildman–Crippen MR) is 77.6 cm³/mol. The number of rotatable bonds is 8. The van der Waals surface area contributed by atoms with Crippen LogP contribution in [0, 0.1) is 0 Å². The van der Waals surface area contributed by atoms with Crippen molar-refractivity contribution in [1.82, 2.24) is 5.32 Å². The first-order chi connectivity index (χ1) is 9.92. The number of hydrogen-bond donors (Lipinski definition) is 2. The summed E-state index contributed by atoms with van der Waals surface area (Å²) in [6, 6.07) is 6.62. The molecule has 116 valence electrons. The lowest BCUT2D eigenvalue weighted by atomic mass is 10.0. The third kappa shape index (κ3) is 4.75. The molecular formula is C15H21NO5. The van der Waals surface area contributed by atoms with Gasteiger partial charge in [-0.15, -0.1) is 0 Å². The molecule has 1 aromatic carbocycles. The van der Waals surface area contributed by atoms with Crippen LogP contribution >= 0.6 is 0 Å². The minimum atomic E-state index is -1.48. The van der Waals surface area contributed by atoms with Gasteiger partial charge in [-0.2, -0.15) is 0 Å². The van der Waals surface area contributed by atoms with Gasteiger partial charge in [-0.3, -0.25) is 4.79 Å². The lowest BCUT2D eigenvalue weighted by Gasteiger charge is -2.25. The van der Waals surface area contributed by atoms with Crippen molar-refractivity contribution < 1.29 is 24.2 Å². The number of hydrogen-bond acceptors (Lipinski definition) is 4. The number of carbonyl (C=O) groups is 2. The second-order valence-corrected chi connectivity index (χ2v) is 4.90. The summed E-state index contributed by atoms with van der Waals surface area (Å²) in [5.41, 5.74) is -1.14. The van der Waals surface area contributed by atoms with Crippen molar-refractivity contribution in [2.24, 2.45) is 0 Å². The highest BCUT2D eigenvalue weighted by Crippen LogP contribution is 2.15. The highest BCUT2D eigenvalue weighted by molar-refractivity contribution is 5.98. The second kappa shape index (κ2) is 7.64. The number of amides is 1. The van der Waals surface area contributed by atoms with Crippen LogP contribution in [-0.2, 0) is 9.53 Å². The van der Waals surface area contributed by atoms with Gasteiger partial charge in [0.15, 0.2) is 5.54 Å². The average Bonchev–Trinajstić information content (AvgIpc) is 2.45. The quantitative estimate of drug-likeness (QED) is 0.762. The van der Waals surface area contributed by atoms with Gasteiger partial charge >= 0.3 is 5.97 Å². The molecule has 0 aromatic heterocycles. The zero-order valence-electron chi connectivity index (χ0n) is 12.5. The molecule has 0 spiro atoms. The van der Waals surface area contributed by atoms with Crippen molar-refractivity contribution in [3.05, 3.63) is 29.8 Å². The molecule has 0 fully saturated rings. The Bertz CT molecular complexity index is 503. The molecule has 1 rings (SSSR count). The number of ether oxygens (including phenoxy) is 2. The van der Waals surface area contributed by atoms with Crippen LogP contribution in [0.3, 0.4) is 0 Å². The zero-order valence-corrected chi connectivity index (χ0v) is 12.5. The van der Waals surface area contributed by atoms with Crippen LogP contribution in [0.5, 0.6) is 5.75 Å². The van der Waals surface area contributed by atoms with Crippen molar-refractivity contribution in [2.45, 2.75) is 25.8 Å². The lowest BCUT2D eigenvalue weighted by Crippen LogP contribution is -2.55. The molecule has 1 unspecified atom stereocenters. The van der Waals surface area contributed by atoms with E-state index in [2.05, 4.69) is 5.32 Å². The largest absolute Gasteiger partial charge is 0.494 e. The number of methoxy groups -OCH3 is 1. The van der Waals surface area contributed by atoms with Crippen LogP contribution in [-0.4, -0.2) is 42.8 Å². The maximum Gasteiger partial charge on any atom is 0.331 e. The smallest absolute Gasteiger partial charge is 0.331 e. The van der Waals surface area contributed by atoms with Gasteiger partial charge in [-0.1, -0.05) is 13.0 Å². The number of benzene rings is 1. The first kappa shape index (κ1) is 17.0. The summed E-state index contributed by atoms with van der Waals surface area (Å²) in [7, 11) is 1.38. The van der Waals surface area contributed by atoms with E-state index < -0.39 is 17.4 Å². The van der Waals surface area contributed by atoms with Crippen molar-refractivity contribution in [1.29, 1.82) is 0 Å². The number of carbonyl (C=O) groups excluding carboxylic acids is 1. The van der Waals surface area contributed by atoms with E-state index in [1.165, 1.54) is 14.0 Å². The summed E-state index contributed by atoms with van der Waals surface area (Å²) >= 11 is 0. The molecule has 0 bridgehead atoms. The van der Waals surface area contributed by atoms with Gasteiger partial charge < -0.3 is 19.9 Å². The summed E-state index contributed by atoms with van der Waals surface area (Å²) in [6.07, 6.45) is 0.862. The first-order valence-electron chi connectivity index (χ1n) is 6.70. The van der Waals surface area contributed by atoms with Crippen LogP contribution in [0.4, 0.5) is 0 Å². The molecule has 0 aliphatic carbocycles. The Labute approximate surface area is 124 Å². The highest BCUT2D eigenvalue weighted by Gasteiger charge is 2.35. The van der Waals surface area contributed by atoms with Crippen LogP contribution in [0.15, 0.2) is 24.3 Å². The molecule has 1 amide bonds. The topological polar surface area (TPSA) is 84.9 Å². The minimum absolute atomic E-state index is 0.125. The van der Waals surface area contributed by atoms with E-state index in [1.54, 1.807) is 24.3 Å². The van der Waals surface area contributed by atoms with Gasteiger partial charge in [0.1, 0.15) is 5.75 Å². The van der Waals surface area contributed by atoms with E-state index in [1.807, 2.05) is 6.92 Å². The summed E-state index contributed by atoms with van der Waals surface area (Å²) in [5.74, 6) is -1.07. The third-order valence-electron chi connectivity index (χ3n) is 2.86. The highest BCUT2D eigenvalue weighted by atomic mass is 16.5. The van der Waals surface area contributed by atoms with Gasteiger partial charge in [0.05, 0.1) is 13.2 Å². The van der Waals surface area contributed by atoms with E-state index in [0.717, 1.165) is 6.42 Å². The second-order valence-electron chi connectivity index (χ2n) is 4.90. The molecule has 0 saturated heterocycles. The van der Waals surface area contributed by atoms with E-state index in [0.29, 0.717) is 17.9 Å². The predicted octanol–water partition coefficient (Wildman–Crippen LogP) is 1.69. The van der Waals surface area contributed by atoms with Crippen molar-refractivity contribution in [3.63, 3.8) is 0 Å². The van der Waals surface area contributed by atoms with E-state index in [9.17, 15) is 14.7 Å². The molecule has 6 heteroatoms. The Morgan fingerprint density at radius 2 is 2.10 bits per heavy atom. The van der Waals surface area contributed by atoms with Gasteiger partial charge in [0.2, 0.25) is 0 Å². The van der Waals surface area contributed by atoms with Crippen molar-refractivity contribution >= 4 is 11.9 Å². The van der Waals surface area contributed by atoms with Crippen molar-refractivity contribution in [3.8, 4) is 5.75 Å². The Morgan fingerprint density at radius 3 is 2.67 bits per heavy atom. The van der Waals surface area contributed by atoms with Crippen LogP contribution in [0.2, 0.25) is 0 Å². The fraction of sp³-hybridized carbons (Fsp3) is 0.467. The fourth-order valence-electron chi connectivity index (χ4n) is 1.71. The third-order valence-corrected chi connectivity index (χ3v) is 2.86. The Hall–Kier alpha value is -2.08. The Morgan fingerprint density at radius 1 is 1.38 bits per heavy atom. The first-order valence-corrected chi connectivity index (χ1v) is 6.70. The van der Waals surface area contributed by atoms with E-state index in [4.69, 9.17) is 9.47 Å². The molecule has 0 radical (unpaired) electrons. The number of carboxylic acid groups (broad SMARTS) is 1. The molecule has 21 heavy (non-hydrogen) atoms. The molecule has 0 saturated carbocycles. The fourth-order valence-corrected chi connectivity index (χ4v) is 1.71. The van der Waals surface area contributed by atoms with Gasteiger partial charge in [-0.05, 0) is 31.5 Å². The zero-order chi connectivity index (χ0) is 15.9. The molecule has 6 nitrogen and oxygen atoms in total.